The van der Waals surface area contributed by atoms with E-state index in [1.807, 2.05) is 25.2 Å². The molecule has 2 aromatic rings. The van der Waals surface area contributed by atoms with Crippen LogP contribution in [0.5, 0.6) is 0 Å². The molecule has 102 valence electrons. The highest BCUT2D eigenvalue weighted by molar-refractivity contribution is 6.04. The van der Waals surface area contributed by atoms with Crippen LogP contribution < -0.4 is 4.90 Å². The van der Waals surface area contributed by atoms with Crippen LogP contribution in [0.3, 0.4) is 0 Å². The first kappa shape index (κ1) is 12.5. The maximum Gasteiger partial charge on any atom is 0.227 e. The fraction of sp³-hybridized carbons (Fsp3) is 0.385. The summed E-state index contributed by atoms with van der Waals surface area (Å²) < 4.78 is 1.79. The minimum absolute atomic E-state index is 0.0690. The summed E-state index contributed by atoms with van der Waals surface area (Å²) in [6, 6.07) is 5.83. The van der Waals surface area contributed by atoms with Gasteiger partial charge in [0.05, 0.1) is 17.4 Å². The lowest BCUT2D eigenvalue weighted by atomic mass is 10.1. The molecule has 3 rings (SSSR count). The van der Waals surface area contributed by atoms with Crippen molar-refractivity contribution in [2.75, 3.05) is 18.0 Å². The molecule has 0 saturated carbocycles. The van der Waals surface area contributed by atoms with Gasteiger partial charge in [0.2, 0.25) is 5.91 Å². The molecule has 0 spiro atoms. The zero-order valence-corrected chi connectivity index (χ0v) is 11.1. The Bertz CT molecular complexity index is 715. The number of anilines is 1. The van der Waals surface area contributed by atoms with Crippen LogP contribution >= 0.6 is 0 Å². The van der Waals surface area contributed by atoms with E-state index in [0.717, 1.165) is 16.6 Å². The van der Waals surface area contributed by atoms with Crippen LogP contribution in [0.15, 0.2) is 29.5 Å². The molecule has 0 aliphatic carbocycles. The Balaban J connectivity index is 1.95. The number of aromatic nitrogens is 2. The summed E-state index contributed by atoms with van der Waals surface area (Å²) in [5.74, 6) is 0.157. The average molecular weight is 270 g/mol. The largest absolute Gasteiger partial charge is 0.311 e. The van der Waals surface area contributed by atoms with Gasteiger partial charge in [-0.2, -0.15) is 5.10 Å². The van der Waals surface area contributed by atoms with Gasteiger partial charge in [0, 0.05) is 36.9 Å². The average Bonchev–Trinajstić information content (AvgIpc) is 3.00. The number of aryl methyl sites for hydroxylation is 1. The van der Waals surface area contributed by atoms with Crippen LogP contribution in [0.4, 0.5) is 5.69 Å². The molecular formula is C13H14N6O. The summed E-state index contributed by atoms with van der Waals surface area (Å²) in [4.78, 5) is 16.7. The summed E-state index contributed by atoms with van der Waals surface area (Å²) in [5, 5.41) is 8.77. The highest BCUT2D eigenvalue weighted by atomic mass is 16.2. The van der Waals surface area contributed by atoms with Crippen molar-refractivity contribution in [3.63, 3.8) is 0 Å². The minimum Gasteiger partial charge on any atom is -0.311 e. The molecular weight excluding hydrogens is 256 g/mol. The number of fused-ring (bicyclic) bond motifs is 1. The number of azide groups is 1. The molecule has 1 aliphatic heterocycles. The highest BCUT2D eigenvalue weighted by Gasteiger charge is 2.31. The zero-order valence-electron chi connectivity index (χ0n) is 11.1. The molecule has 1 fully saturated rings. The van der Waals surface area contributed by atoms with E-state index in [2.05, 4.69) is 15.1 Å². The summed E-state index contributed by atoms with van der Waals surface area (Å²) in [5.41, 5.74) is 10.2. The highest BCUT2D eigenvalue weighted by Crippen LogP contribution is 2.31. The van der Waals surface area contributed by atoms with Gasteiger partial charge in [-0.15, -0.1) is 0 Å². The van der Waals surface area contributed by atoms with Crippen molar-refractivity contribution in [2.24, 2.45) is 18.1 Å². The van der Waals surface area contributed by atoms with Crippen molar-refractivity contribution < 1.29 is 4.79 Å². The Hall–Kier alpha value is -2.53. The molecule has 1 aromatic carbocycles. The van der Waals surface area contributed by atoms with Gasteiger partial charge in [0.1, 0.15) is 0 Å². The molecule has 0 bridgehead atoms. The van der Waals surface area contributed by atoms with Crippen LogP contribution in [0, 0.1) is 5.92 Å². The van der Waals surface area contributed by atoms with Gasteiger partial charge >= 0.3 is 0 Å². The fourth-order valence-electron chi connectivity index (χ4n) is 2.69. The SMILES string of the molecule is Cn1ncc2c(N3CC(CN=[N+]=[N-])CC3=O)cccc21. The zero-order chi connectivity index (χ0) is 14.1. The summed E-state index contributed by atoms with van der Waals surface area (Å²) >= 11 is 0. The number of benzene rings is 1. The Morgan fingerprint density at radius 1 is 1.55 bits per heavy atom. The van der Waals surface area contributed by atoms with Crippen molar-refractivity contribution in [3.05, 3.63) is 34.8 Å². The maximum absolute atomic E-state index is 12.2. The summed E-state index contributed by atoms with van der Waals surface area (Å²) in [7, 11) is 1.88. The Kier molecular flexibility index (Phi) is 3.04. The van der Waals surface area contributed by atoms with Crippen molar-refractivity contribution >= 4 is 22.5 Å². The van der Waals surface area contributed by atoms with Gasteiger partial charge in [-0.1, -0.05) is 11.2 Å². The first-order chi connectivity index (χ1) is 9.70. The summed E-state index contributed by atoms with van der Waals surface area (Å²) in [6.45, 7) is 0.952. The van der Waals surface area contributed by atoms with E-state index in [4.69, 9.17) is 5.53 Å². The van der Waals surface area contributed by atoms with Gasteiger partial charge < -0.3 is 4.90 Å². The fourth-order valence-corrected chi connectivity index (χ4v) is 2.69. The Morgan fingerprint density at radius 3 is 3.20 bits per heavy atom. The molecule has 7 nitrogen and oxygen atoms in total. The van der Waals surface area contributed by atoms with E-state index >= 15 is 0 Å². The smallest absolute Gasteiger partial charge is 0.227 e. The quantitative estimate of drug-likeness (QED) is 0.486. The second-order valence-electron chi connectivity index (χ2n) is 4.97. The number of amides is 1. The lowest BCUT2D eigenvalue weighted by Crippen LogP contribution is -2.24. The number of carbonyl (C=O) groups excluding carboxylic acids is 1. The van der Waals surface area contributed by atoms with E-state index in [-0.39, 0.29) is 11.8 Å². The third-order valence-electron chi connectivity index (χ3n) is 3.67. The molecule has 1 saturated heterocycles. The first-order valence-corrected chi connectivity index (χ1v) is 6.42. The molecule has 0 N–H and O–H groups in total. The second-order valence-corrected chi connectivity index (χ2v) is 4.97. The number of hydrogen-bond acceptors (Lipinski definition) is 3. The van der Waals surface area contributed by atoms with Gasteiger partial charge in [0.15, 0.2) is 0 Å². The number of carbonyl (C=O) groups is 1. The van der Waals surface area contributed by atoms with Crippen molar-refractivity contribution in [3.8, 4) is 0 Å². The van der Waals surface area contributed by atoms with E-state index in [0.29, 0.717) is 19.5 Å². The van der Waals surface area contributed by atoms with Crippen molar-refractivity contribution in [1.29, 1.82) is 0 Å². The molecule has 1 aliphatic rings. The van der Waals surface area contributed by atoms with Crippen LogP contribution in [-0.4, -0.2) is 28.8 Å². The number of rotatable bonds is 3. The predicted molar refractivity (Wildman–Crippen MR) is 75.2 cm³/mol. The van der Waals surface area contributed by atoms with E-state index in [1.54, 1.807) is 15.8 Å². The Labute approximate surface area is 115 Å². The number of hydrogen-bond donors (Lipinski definition) is 0. The molecule has 0 radical (unpaired) electrons. The van der Waals surface area contributed by atoms with Crippen LogP contribution in [0.25, 0.3) is 21.3 Å². The number of nitrogens with zero attached hydrogens (tertiary/aromatic N) is 6. The molecule has 2 heterocycles. The predicted octanol–water partition coefficient (Wildman–Crippen LogP) is 2.24. The molecule has 1 aromatic heterocycles. The molecule has 1 atom stereocenters. The lowest BCUT2D eigenvalue weighted by molar-refractivity contribution is -0.117. The standard InChI is InChI=1S/C13H14N6O/c1-18-11-3-2-4-12(10(11)7-16-18)19-8-9(5-13(19)20)6-15-17-14/h2-4,7,9H,5-6,8H2,1H3. The van der Waals surface area contributed by atoms with Crippen LogP contribution in [0.1, 0.15) is 6.42 Å². The molecule has 7 heteroatoms. The van der Waals surface area contributed by atoms with Gasteiger partial charge in [-0.05, 0) is 23.6 Å². The van der Waals surface area contributed by atoms with Crippen molar-refractivity contribution in [1.82, 2.24) is 9.78 Å². The van der Waals surface area contributed by atoms with E-state index in [1.165, 1.54) is 0 Å². The Morgan fingerprint density at radius 2 is 2.40 bits per heavy atom. The van der Waals surface area contributed by atoms with E-state index in [9.17, 15) is 4.79 Å². The van der Waals surface area contributed by atoms with Crippen molar-refractivity contribution in [2.45, 2.75) is 6.42 Å². The molecule has 1 unspecified atom stereocenters. The molecule has 1 amide bonds. The minimum atomic E-state index is 0.0690. The van der Waals surface area contributed by atoms with Gasteiger partial charge in [0.25, 0.3) is 0 Å². The maximum atomic E-state index is 12.2. The first-order valence-electron chi connectivity index (χ1n) is 6.42. The summed E-state index contributed by atoms with van der Waals surface area (Å²) in [6.07, 6.45) is 2.20. The second kappa shape index (κ2) is 4.86. The van der Waals surface area contributed by atoms with Gasteiger partial charge in [-0.3, -0.25) is 9.48 Å². The van der Waals surface area contributed by atoms with Crippen LogP contribution in [0.2, 0.25) is 0 Å². The third-order valence-corrected chi connectivity index (χ3v) is 3.67. The topological polar surface area (TPSA) is 86.9 Å². The molecule has 20 heavy (non-hydrogen) atoms. The monoisotopic (exact) mass is 270 g/mol. The van der Waals surface area contributed by atoms with E-state index < -0.39 is 0 Å². The van der Waals surface area contributed by atoms with Gasteiger partial charge in [-0.25, -0.2) is 0 Å². The normalized spacial score (nSPS) is 18.6. The lowest BCUT2D eigenvalue weighted by Gasteiger charge is -2.17. The third kappa shape index (κ3) is 1.98. The van der Waals surface area contributed by atoms with Crippen LogP contribution in [-0.2, 0) is 11.8 Å².